The number of hydrogen-bond donors (Lipinski definition) is 2. The second-order valence-corrected chi connectivity index (χ2v) is 7.15. The summed E-state index contributed by atoms with van der Waals surface area (Å²) in [6.45, 7) is 0.0246. The van der Waals surface area contributed by atoms with E-state index in [1.165, 1.54) is 24.3 Å². The van der Waals surface area contributed by atoms with Gasteiger partial charge in [-0.05, 0) is 36.2 Å². The van der Waals surface area contributed by atoms with E-state index in [4.69, 9.17) is 11.6 Å². The van der Waals surface area contributed by atoms with Crippen LogP contribution in [0, 0.1) is 0 Å². The Morgan fingerprint density at radius 1 is 1.09 bits per heavy atom. The third-order valence-electron chi connectivity index (χ3n) is 3.35. The van der Waals surface area contributed by atoms with Gasteiger partial charge in [0.15, 0.2) is 0 Å². The van der Waals surface area contributed by atoms with Crippen LogP contribution in [0.15, 0.2) is 59.5 Å². The molecule has 0 bridgehead atoms. The highest BCUT2D eigenvalue weighted by molar-refractivity contribution is 7.89. The Morgan fingerprint density at radius 3 is 2.26 bits per heavy atom. The topological polar surface area (TPSA) is 83.5 Å². The molecule has 122 valence electrons. The van der Waals surface area contributed by atoms with E-state index >= 15 is 0 Å². The molecule has 1 atom stereocenters. The summed E-state index contributed by atoms with van der Waals surface area (Å²) in [5.74, 6) is -1.74. The smallest absolute Gasteiger partial charge is 0.311 e. The van der Waals surface area contributed by atoms with Crippen molar-refractivity contribution in [2.75, 3.05) is 6.54 Å². The highest BCUT2D eigenvalue weighted by Crippen LogP contribution is 2.20. The monoisotopic (exact) mass is 353 g/mol. The van der Waals surface area contributed by atoms with E-state index in [2.05, 4.69) is 4.72 Å². The first-order valence-corrected chi connectivity index (χ1v) is 8.79. The van der Waals surface area contributed by atoms with E-state index in [1.807, 2.05) is 0 Å². The third-order valence-corrected chi connectivity index (χ3v) is 5.08. The number of hydrogen-bond acceptors (Lipinski definition) is 3. The van der Waals surface area contributed by atoms with Gasteiger partial charge in [-0.3, -0.25) is 4.79 Å². The van der Waals surface area contributed by atoms with Crippen LogP contribution in [-0.4, -0.2) is 26.0 Å². The van der Waals surface area contributed by atoms with Crippen LogP contribution in [-0.2, 0) is 14.8 Å². The van der Waals surface area contributed by atoms with Gasteiger partial charge in [-0.2, -0.15) is 0 Å². The molecule has 0 fully saturated rings. The SMILES string of the molecule is O=C(O)C(CCNS(=O)(=O)c1ccc(Cl)cc1)c1ccccc1. The molecule has 0 aliphatic heterocycles. The summed E-state index contributed by atoms with van der Waals surface area (Å²) in [5.41, 5.74) is 0.644. The Bertz CT molecular complexity index is 760. The standard InChI is InChI=1S/C16H16ClNO4S/c17-13-6-8-14(9-7-13)23(21,22)18-11-10-15(16(19)20)12-4-2-1-3-5-12/h1-9,15,18H,10-11H2,(H,19,20). The van der Waals surface area contributed by atoms with Crippen molar-refractivity contribution in [2.45, 2.75) is 17.2 Å². The highest BCUT2D eigenvalue weighted by atomic mass is 35.5. The average molecular weight is 354 g/mol. The molecular weight excluding hydrogens is 338 g/mol. The number of benzene rings is 2. The predicted octanol–water partition coefficient (Wildman–Crippen LogP) is 2.88. The lowest BCUT2D eigenvalue weighted by molar-refractivity contribution is -0.138. The van der Waals surface area contributed by atoms with Gasteiger partial charge in [-0.25, -0.2) is 13.1 Å². The molecule has 0 heterocycles. The fraction of sp³-hybridized carbons (Fsp3) is 0.188. The van der Waals surface area contributed by atoms with Gasteiger partial charge in [0.25, 0.3) is 0 Å². The molecule has 0 radical (unpaired) electrons. The molecule has 2 aromatic rings. The maximum Gasteiger partial charge on any atom is 0.311 e. The molecule has 5 nitrogen and oxygen atoms in total. The largest absolute Gasteiger partial charge is 0.481 e. The van der Waals surface area contributed by atoms with Crippen LogP contribution in [0.3, 0.4) is 0 Å². The first-order chi connectivity index (χ1) is 10.9. The maximum atomic E-state index is 12.1. The van der Waals surface area contributed by atoms with Crippen molar-refractivity contribution in [1.29, 1.82) is 0 Å². The molecule has 0 saturated heterocycles. The molecule has 0 aliphatic rings. The second-order valence-electron chi connectivity index (χ2n) is 4.94. The second kappa shape index (κ2) is 7.59. The number of carboxylic acids is 1. The van der Waals surface area contributed by atoms with Crippen molar-refractivity contribution in [2.24, 2.45) is 0 Å². The Balaban J connectivity index is 2.02. The number of rotatable bonds is 7. The minimum atomic E-state index is -3.68. The molecule has 2 aromatic carbocycles. The summed E-state index contributed by atoms with van der Waals surface area (Å²) in [6.07, 6.45) is 0.159. The van der Waals surface area contributed by atoms with Crippen LogP contribution in [0.2, 0.25) is 5.02 Å². The molecule has 2 rings (SSSR count). The van der Waals surface area contributed by atoms with Gasteiger partial charge in [0, 0.05) is 11.6 Å². The minimum absolute atomic E-state index is 0.0246. The third kappa shape index (κ3) is 4.79. The van der Waals surface area contributed by atoms with Crippen molar-refractivity contribution < 1.29 is 18.3 Å². The van der Waals surface area contributed by atoms with Gasteiger partial charge in [0.1, 0.15) is 0 Å². The molecule has 0 aliphatic carbocycles. The summed E-state index contributed by atoms with van der Waals surface area (Å²) < 4.78 is 26.7. The predicted molar refractivity (Wildman–Crippen MR) is 88.1 cm³/mol. The van der Waals surface area contributed by atoms with Gasteiger partial charge in [0.05, 0.1) is 10.8 Å². The summed E-state index contributed by atoms with van der Waals surface area (Å²) in [6, 6.07) is 14.5. The Kier molecular flexibility index (Phi) is 5.76. The molecule has 23 heavy (non-hydrogen) atoms. The normalized spacial score (nSPS) is 12.7. The zero-order valence-corrected chi connectivity index (χ0v) is 13.7. The number of nitrogens with one attached hydrogen (secondary N) is 1. The van der Waals surface area contributed by atoms with E-state index in [0.717, 1.165) is 0 Å². The quantitative estimate of drug-likeness (QED) is 0.801. The van der Waals surface area contributed by atoms with Crippen LogP contribution < -0.4 is 4.72 Å². The molecule has 1 unspecified atom stereocenters. The van der Waals surface area contributed by atoms with Crippen molar-refractivity contribution in [1.82, 2.24) is 4.72 Å². The fourth-order valence-electron chi connectivity index (χ4n) is 2.15. The van der Waals surface area contributed by atoms with E-state index < -0.39 is 21.9 Å². The van der Waals surface area contributed by atoms with Gasteiger partial charge in [-0.15, -0.1) is 0 Å². The van der Waals surface area contributed by atoms with E-state index in [-0.39, 0.29) is 17.9 Å². The van der Waals surface area contributed by atoms with Crippen molar-refractivity contribution in [3.05, 3.63) is 65.2 Å². The summed E-state index contributed by atoms with van der Waals surface area (Å²) in [4.78, 5) is 11.5. The molecular formula is C16H16ClNO4S. The molecule has 0 spiro atoms. The first kappa shape index (κ1) is 17.5. The van der Waals surface area contributed by atoms with Crippen LogP contribution in [0.1, 0.15) is 17.9 Å². The number of carbonyl (C=O) groups is 1. The Labute approximate surface area is 140 Å². The molecule has 0 saturated carbocycles. The number of aliphatic carboxylic acids is 1. The number of carboxylic acid groups (broad SMARTS) is 1. The first-order valence-electron chi connectivity index (χ1n) is 6.93. The van der Waals surface area contributed by atoms with E-state index in [9.17, 15) is 18.3 Å². The minimum Gasteiger partial charge on any atom is -0.481 e. The van der Waals surface area contributed by atoms with Crippen LogP contribution in [0.5, 0.6) is 0 Å². The number of sulfonamides is 1. The average Bonchev–Trinajstić information content (AvgIpc) is 2.52. The van der Waals surface area contributed by atoms with Gasteiger partial charge in [-0.1, -0.05) is 41.9 Å². The van der Waals surface area contributed by atoms with Crippen LogP contribution >= 0.6 is 11.6 Å². The molecule has 2 N–H and O–H groups in total. The van der Waals surface area contributed by atoms with Crippen molar-refractivity contribution in [3.8, 4) is 0 Å². The number of halogens is 1. The maximum absolute atomic E-state index is 12.1. The van der Waals surface area contributed by atoms with Crippen LogP contribution in [0.4, 0.5) is 0 Å². The Morgan fingerprint density at radius 2 is 1.70 bits per heavy atom. The van der Waals surface area contributed by atoms with Crippen LogP contribution in [0.25, 0.3) is 0 Å². The zero-order chi connectivity index (χ0) is 16.9. The Hall–Kier alpha value is -1.89. The molecule has 0 amide bonds. The zero-order valence-electron chi connectivity index (χ0n) is 12.1. The van der Waals surface area contributed by atoms with Gasteiger partial charge in [0.2, 0.25) is 10.0 Å². The summed E-state index contributed by atoms with van der Waals surface area (Å²) >= 11 is 5.73. The van der Waals surface area contributed by atoms with Gasteiger partial charge < -0.3 is 5.11 Å². The van der Waals surface area contributed by atoms with E-state index in [0.29, 0.717) is 10.6 Å². The van der Waals surface area contributed by atoms with E-state index in [1.54, 1.807) is 30.3 Å². The summed E-state index contributed by atoms with van der Waals surface area (Å²) in [7, 11) is -3.68. The summed E-state index contributed by atoms with van der Waals surface area (Å²) in [5, 5.41) is 9.76. The lowest BCUT2D eigenvalue weighted by atomic mass is 9.96. The highest BCUT2D eigenvalue weighted by Gasteiger charge is 2.21. The van der Waals surface area contributed by atoms with Crippen molar-refractivity contribution >= 4 is 27.6 Å². The molecule has 7 heteroatoms. The lowest BCUT2D eigenvalue weighted by Crippen LogP contribution is -2.27. The fourth-order valence-corrected chi connectivity index (χ4v) is 3.33. The van der Waals surface area contributed by atoms with Crippen molar-refractivity contribution in [3.63, 3.8) is 0 Å². The molecule has 0 aromatic heterocycles. The lowest BCUT2D eigenvalue weighted by Gasteiger charge is -2.13. The van der Waals surface area contributed by atoms with Gasteiger partial charge >= 0.3 is 5.97 Å².